The van der Waals surface area contributed by atoms with Crippen molar-refractivity contribution in [2.24, 2.45) is 5.73 Å². The van der Waals surface area contributed by atoms with Crippen LogP contribution >= 0.6 is 11.8 Å². The molecular weight excluding hydrogens is 480 g/mol. The smallest absolute Gasteiger partial charge is 0.326 e. The van der Waals surface area contributed by atoms with Crippen LogP contribution in [0.4, 0.5) is 0 Å². The van der Waals surface area contributed by atoms with Gasteiger partial charge < -0.3 is 42.1 Å². The second-order valence-electron chi connectivity index (χ2n) is 7.04. The Morgan fingerprint density at radius 2 is 1.18 bits per heavy atom. The fraction of sp³-hybridized carbons (Fsp3) is 0.611. The quantitative estimate of drug-likeness (QED) is 0.100. The van der Waals surface area contributed by atoms with E-state index in [9.17, 15) is 33.6 Å². The van der Waals surface area contributed by atoms with E-state index < -0.39 is 85.0 Å². The molecule has 0 aliphatic rings. The molecule has 15 nitrogen and oxygen atoms in total. The maximum Gasteiger partial charge on any atom is 0.326 e. The van der Waals surface area contributed by atoms with Gasteiger partial charge >= 0.3 is 23.9 Å². The summed E-state index contributed by atoms with van der Waals surface area (Å²) in [5, 5.41) is 42.0. The van der Waals surface area contributed by atoms with Gasteiger partial charge in [0.1, 0.15) is 18.1 Å². The lowest BCUT2D eigenvalue weighted by Gasteiger charge is -2.24. The molecule has 0 saturated carbocycles. The lowest BCUT2D eigenvalue weighted by Crippen LogP contribution is -2.57. The van der Waals surface area contributed by atoms with E-state index in [1.807, 2.05) is 5.32 Å². The number of aliphatic carboxylic acids is 4. The summed E-state index contributed by atoms with van der Waals surface area (Å²) in [6.07, 6.45) is -0.867. The Balaban J connectivity index is 5.47. The number of carbonyl (C=O) groups excluding carboxylic acids is 3. The highest BCUT2D eigenvalue weighted by atomic mass is 32.2. The van der Waals surface area contributed by atoms with Gasteiger partial charge in [0, 0.05) is 6.42 Å². The maximum atomic E-state index is 12.7. The molecular formula is C18H28N4O11S. The van der Waals surface area contributed by atoms with Crippen LogP contribution in [0.5, 0.6) is 0 Å². The predicted octanol–water partition coefficient (Wildman–Crippen LogP) is -2.58. The second-order valence-corrected chi connectivity index (χ2v) is 8.02. The summed E-state index contributed by atoms with van der Waals surface area (Å²) in [7, 11) is 0. The normalized spacial score (nSPS) is 14.1. The number of carboxylic acids is 4. The minimum absolute atomic E-state index is 0.0238. The lowest BCUT2D eigenvalue weighted by atomic mass is 10.1. The van der Waals surface area contributed by atoms with Gasteiger partial charge in [0.15, 0.2) is 0 Å². The number of carboxylic acid groups (broad SMARTS) is 4. The number of nitrogens with one attached hydrogen (secondary N) is 3. The van der Waals surface area contributed by atoms with Crippen molar-refractivity contribution in [1.82, 2.24) is 16.0 Å². The third kappa shape index (κ3) is 12.6. The van der Waals surface area contributed by atoms with Crippen molar-refractivity contribution >= 4 is 53.4 Å². The number of hydrogen-bond donors (Lipinski definition) is 8. The van der Waals surface area contributed by atoms with E-state index in [4.69, 9.17) is 26.2 Å². The highest BCUT2D eigenvalue weighted by Crippen LogP contribution is 2.05. The van der Waals surface area contributed by atoms with Crippen LogP contribution in [0.25, 0.3) is 0 Å². The fourth-order valence-electron chi connectivity index (χ4n) is 2.50. The summed E-state index contributed by atoms with van der Waals surface area (Å²) in [6.45, 7) is 0. The van der Waals surface area contributed by atoms with Crippen LogP contribution < -0.4 is 21.7 Å². The number of carbonyl (C=O) groups is 7. The zero-order valence-electron chi connectivity index (χ0n) is 18.2. The van der Waals surface area contributed by atoms with E-state index in [0.29, 0.717) is 5.75 Å². The molecule has 0 fully saturated rings. The molecule has 0 aromatic rings. The third-order valence-electron chi connectivity index (χ3n) is 4.25. The van der Waals surface area contributed by atoms with Gasteiger partial charge in [-0.2, -0.15) is 11.8 Å². The summed E-state index contributed by atoms with van der Waals surface area (Å²) >= 11 is 1.28. The van der Waals surface area contributed by atoms with Crippen molar-refractivity contribution in [2.75, 3.05) is 12.0 Å². The summed E-state index contributed by atoms with van der Waals surface area (Å²) in [4.78, 5) is 81.1. The molecule has 0 aromatic heterocycles. The molecule has 0 heterocycles. The van der Waals surface area contributed by atoms with Crippen LogP contribution in [0.3, 0.4) is 0 Å². The minimum Gasteiger partial charge on any atom is -0.481 e. The molecule has 34 heavy (non-hydrogen) atoms. The first-order valence-corrected chi connectivity index (χ1v) is 11.2. The van der Waals surface area contributed by atoms with Gasteiger partial charge in [0.05, 0.1) is 18.9 Å². The van der Waals surface area contributed by atoms with Crippen molar-refractivity contribution in [2.45, 2.75) is 56.3 Å². The van der Waals surface area contributed by atoms with Gasteiger partial charge in [-0.3, -0.25) is 28.8 Å². The van der Waals surface area contributed by atoms with Crippen molar-refractivity contribution in [1.29, 1.82) is 0 Å². The van der Waals surface area contributed by atoms with Gasteiger partial charge in [-0.05, 0) is 24.9 Å². The first-order valence-electron chi connectivity index (χ1n) is 9.82. The van der Waals surface area contributed by atoms with Crippen LogP contribution in [0.2, 0.25) is 0 Å². The zero-order valence-corrected chi connectivity index (χ0v) is 19.0. The summed E-state index contributed by atoms with van der Waals surface area (Å²) < 4.78 is 0. The lowest BCUT2D eigenvalue weighted by molar-refractivity contribution is -0.147. The Kier molecular flexibility index (Phi) is 13.9. The number of rotatable bonds is 17. The number of hydrogen-bond acceptors (Lipinski definition) is 9. The fourth-order valence-corrected chi connectivity index (χ4v) is 2.97. The van der Waals surface area contributed by atoms with Gasteiger partial charge in [-0.15, -0.1) is 0 Å². The number of amides is 3. The molecule has 16 heteroatoms. The Labute approximate surface area is 197 Å². The highest BCUT2D eigenvalue weighted by Gasteiger charge is 2.32. The minimum atomic E-state index is -1.78. The van der Waals surface area contributed by atoms with E-state index in [-0.39, 0.29) is 12.8 Å². The number of nitrogens with two attached hydrogens (primary N) is 1. The molecule has 3 amide bonds. The molecule has 4 unspecified atom stereocenters. The molecule has 0 aromatic carbocycles. The van der Waals surface area contributed by atoms with Gasteiger partial charge in [-0.1, -0.05) is 0 Å². The van der Waals surface area contributed by atoms with Gasteiger partial charge in [0.25, 0.3) is 0 Å². The maximum absolute atomic E-state index is 12.7. The molecule has 0 aliphatic carbocycles. The molecule has 0 aliphatic heterocycles. The van der Waals surface area contributed by atoms with Crippen molar-refractivity contribution < 1.29 is 54.0 Å². The Bertz CT molecular complexity index is 792. The van der Waals surface area contributed by atoms with Crippen LogP contribution in [0, 0.1) is 0 Å². The highest BCUT2D eigenvalue weighted by molar-refractivity contribution is 7.98. The molecule has 0 bridgehead atoms. The topological polar surface area (TPSA) is 263 Å². The Hall–Kier alpha value is -3.40. The summed E-state index contributed by atoms with van der Waals surface area (Å²) in [6, 6.07) is -6.17. The Morgan fingerprint density at radius 3 is 1.65 bits per heavy atom. The van der Waals surface area contributed by atoms with Crippen LogP contribution in [-0.4, -0.2) is 98.2 Å². The SMILES string of the molecule is CSCCC(NC(=O)C(CC(=O)O)NC(=O)C(N)CCC(=O)O)C(=O)NC(CC(=O)O)C(=O)O. The summed E-state index contributed by atoms with van der Waals surface area (Å²) in [5.41, 5.74) is 5.56. The first-order chi connectivity index (χ1) is 15.8. The molecule has 192 valence electrons. The van der Waals surface area contributed by atoms with E-state index in [2.05, 4.69) is 10.6 Å². The Morgan fingerprint density at radius 1 is 0.706 bits per heavy atom. The van der Waals surface area contributed by atoms with E-state index >= 15 is 0 Å². The standard InChI is InChI=1S/C18H28N4O11S/c1-34-5-4-9(16(30)22-11(18(32)33)7-14(27)28)20-17(31)10(6-13(25)26)21-15(29)8(19)2-3-12(23)24/h8-11H,2-7,19H2,1H3,(H,20,31)(H,21,29)(H,22,30)(H,23,24)(H,25,26)(H,27,28)(H,32,33). The van der Waals surface area contributed by atoms with E-state index in [1.165, 1.54) is 11.8 Å². The first kappa shape index (κ1) is 30.6. The van der Waals surface area contributed by atoms with E-state index in [1.54, 1.807) is 6.26 Å². The van der Waals surface area contributed by atoms with Crippen LogP contribution in [0.15, 0.2) is 0 Å². The molecule has 9 N–H and O–H groups in total. The molecule has 0 rings (SSSR count). The molecule has 0 saturated heterocycles. The molecule has 0 radical (unpaired) electrons. The second kappa shape index (κ2) is 15.4. The molecule has 4 atom stereocenters. The van der Waals surface area contributed by atoms with Crippen LogP contribution in [0.1, 0.15) is 32.1 Å². The zero-order chi connectivity index (χ0) is 26.4. The van der Waals surface area contributed by atoms with Crippen molar-refractivity contribution in [3.63, 3.8) is 0 Å². The average Bonchev–Trinajstić information content (AvgIpc) is 2.72. The average molecular weight is 509 g/mol. The van der Waals surface area contributed by atoms with E-state index in [0.717, 1.165) is 0 Å². The molecule has 0 spiro atoms. The van der Waals surface area contributed by atoms with Crippen molar-refractivity contribution in [3.05, 3.63) is 0 Å². The van der Waals surface area contributed by atoms with Gasteiger partial charge in [0.2, 0.25) is 17.7 Å². The van der Waals surface area contributed by atoms with Crippen LogP contribution in [-0.2, 0) is 33.6 Å². The monoisotopic (exact) mass is 508 g/mol. The summed E-state index contributed by atoms with van der Waals surface area (Å²) in [5.74, 6) is -8.57. The largest absolute Gasteiger partial charge is 0.481 e. The third-order valence-corrected chi connectivity index (χ3v) is 4.90. The number of thioether (sulfide) groups is 1. The van der Waals surface area contributed by atoms with Gasteiger partial charge in [-0.25, -0.2) is 4.79 Å². The van der Waals surface area contributed by atoms with Crippen molar-refractivity contribution in [3.8, 4) is 0 Å². The predicted molar refractivity (Wildman–Crippen MR) is 116 cm³/mol.